The summed E-state index contributed by atoms with van der Waals surface area (Å²) in [6.07, 6.45) is -4.70. The molecule has 0 amide bonds. The van der Waals surface area contributed by atoms with Crippen LogP contribution in [0.5, 0.6) is 0 Å². The van der Waals surface area contributed by atoms with Gasteiger partial charge in [-0.3, -0.25) is 4.90 Å². The highest BCUT2D eigenvalue weighted by atomic mass is 19.4. The Bertz CT molecular complexity index is 220. The highest BCUT2D eigenvalue weighted by molar-refractivity contribution is 5.53. The number of alkyl halides is 3. The van der Waals surface area contributed by atoms with E-state index in [-0.39, 0.29) is 5.92 Å². The number of rotatable bonds is 3. The van der Waals surface area contributed by atoms with Gasteiger partial charge in [-0.2, -0.15) is 13.2 Å². The first-order valence-electron chi connectivity index (χ1n) is 4.86. The maximum Gasteiger partial charge on any atom is 0.415 e. The van der Waals surface area contributed by atoms with Crippen LogP contribution in [0.4, 0.5) is 13.2 Å². The van der Waals surface area contributed by atoms with Crippen LogP contribution in [0.1, 0.15) is 12.8 Å². The summed E-state index contributed by atoms with van der Waals surface area (Å²) in [5.41, 5.74) is 0. The van der Waals surface area contributed by atoms with E-state index in [2.05, 4.69) is 0 Å². The molecule has 0 aliphatic carbocycles. The Morgan fingerprint density at radius 2 is 2.20 bits per heavy atom. The molecule has 0 aromatic carbocycles. The summed E-state index contributed by atoms with van der Waals surface area (Å²) in [6, 6.07) is 0. The average molecular weight is 225 g/mol. The predicted octanol–water partition coefficient (Wildman–Crippen LogP) is 0.821. The van der Waals surface area contributed by atoms with Gasteiger partial charge in [0.25, 0.3) is 0 Å². The molecule has 0 saturated carbocycles. The summed E-state index contributed by atoms with van der Waals surface area (Å²) in [7, 11) is 0. The molecule has 6 heteroatoms. The van der Waals surface area contributed by atoms with Crippen molar-refractivity contribution < 1.29 is 23.1 Å². The van der Waals surface area contributed by atoms with Gasteiger partial charge in [0.1, 0.15) is 6.29 Å². The Morgan fingerprint density at radius 1 is 1.53 bits per heavy atom. The molecule has 1 N–H and O–H groups in total. The predicted molar refractivity (Wildman–Crippen MR) is 47.3 cm³/mol. The molecule has 0 aromatic heterocycles. The third-order valence-corrected chi connectivity index (χ3v) is 2.54. The topological polar surface area (TPSA) is 40.5 Å². The number of halogens is 3. The molecule has 2 atom stereocenters. The fraction of sp³-hybridized carbons (Fsp3) is 0.889. The van der Waals surface area contributed by atoms with Gasteiger partial charge in [0.15, 0.2) is 6.10 Å². The summed E-state index contributed by atoms with van der Waals surface area (Å²) in [6.45, 7) is 0.391. The first kappa shape index (κ1) is 12.4. The van der Waals surface area contributed by atoms with E-state index in [0.29, 0.717) is 19.5 Å². The summed E-state index contributed by atoms with van der Waals surface area (Å²) < 4.78 is 36.1. The number of piperidine rings is 1. The Labute approximate surface area is 85.9 Å². The number of aldehydes is 1. The van der Waals surface area contributed by atoms with Crippen LogP contribution >= 0.6 is 0 Å². The number of carbonyl (C=O) groups is 1. The van der Waals surface area contributed by atoms with E-state index in [1.807, 2.05) is 0 Å². The molecular weight excluding hydrogens is 211 g/mol. The lowest BCUT2D eigenvalue weighted by molar-refractivity contribution is -0.208. The van der Waals surface area contributed by atoms with E-state index in [4.69, 9.17) is 5.11 Å². The molecule has 0 bridgehead atoms. The van der Waals surface area contributed by atoms with Crippen LogP contribution in [0.2, 0.25) is 0 Å². The smallest absolute Gasteiger partial charge is 0.382 e. The van der Waals surface area contributed by atoms with Crippen molar-refractivity contribution >= 4 is 6.29 Å². The van der Waals surface area contributed by atoms with E-state index < -0.39 is 18.8 Å². The van der Waals surface area contributed by atoms with Gasteiger partial charge in [-0.25, -0.2) is 0 Å². The minimum atomic E-state index is -4.58. The zero-order valence-corrected chi connectivity index (χ0v) is 8.20. The highest BCUT2D eigenvalue weighted by Gasteiger charge is 2.39. The highest BCUT2D eigenvalue weighted by Crippen LogP contribution is 2.22. The molecule has 1 aliphatic rings. The van der Waals surface area contributed by atoms with E-state index in [9.17, 15) is 18.0 Å². The number of likely N-dealkylation sites (tertiary alicyclic amines) is 1. The zero-order valence-electron chi connectivity index (χ0n) is 8.20. The van der Waals surface area contributed by atoms with E-state index in [1.165, 1.54) is 4.90 Å². The molecule has 1 aliphatic heterocycles. The van der Waals surface area contributed by atoms with Crippen LogP contribution in [0.25, 0.3) is 0 Å². The van der Waals surface area contributed by atoms with Crippen LogP contribution < -0.4 is 0 Å². The molecule has 0 aromatic rings. The number of hydrogen-bond donors (Lipinski definition) is 1. The van der Waals surface area contributed by atoms with Crippen LogP contribution in [0.15, 0.2) is 0 Å². The van der Waals surface area contributed by atoms with Crippen LogP contribution in [-0.2, 0) is 4.79 Å². The average Bonchev–Trinajstić information content (AvgIpc) is 2.16. The molecule has 1 rings (SSSR count). The second kappa shape index (κ2) is 4.94. The molecule has 1 fully saturated rings. The zero-order chi connectivity index (χ0) is 11.5. The molecular formula is C9H14F3NO2. The van der Waals surface area contributed by atoms with Gasteiger partial charge in [-0.15, -0.1) is 0 Å². The summed E-state index contributed by atoms with van der Waals surface area (Å²) in [4.78, 5) is 12.0. The van der Waals surface area contributed by atoms with Gasteiger partial charge in [0, 0.05) is 19.0 Å². The van der Waals surface area contributed by atoms with Crippen molar-refractivity contribution in [3.05, 3.63) is 0 Å². The fourth-order valence-corrected chi connectivity index (χ4v) is 1.72. The van der Waals surface area contributed by atoms with E-state index in [1.54, 1.807) is 0 Å². The van der Waals surface area contributed by atoms with Crippen molar-refractivity contribution in [2.75, 3.05) is 19.6 Å². The quantitative estimate of drug-likeness (QED) is 0.723. The summed E-state index contributed by atoms with van der Waals surface area (Å²) >= 11 is 0. The first-order chi connectivity index (χ1) is 6.93. The molecule has 3 nitrogen and oxygen atoms in total. The van der Waals surface area contributed by atoms with Gasteiger partial charge < -0.3 is 9.90 Å². The Morgan fingerprint density at radius 3 is 2.73 bits per heavy atom. The lowest BCUT2D eigenvalue weighted by atomic mass is 9.99. The Hall–Kier alpha value is -0.620. The summed E-state index contributed by atoms with van der Waals surface area (Å²) in [5.74, 6) is -0.195. The van der Waals surface area contributed by atoms with Gasteiger partial charge in [0.2, 0.25) is 0 Å². The first-order valence-corrected chi connectivity index (χ1v) is 4.86. The number of β-amino-alcohol motifs (C(OH)–C–C–N with tert-alkyl or cyclic N) is 1. The molecule has 0 radical (unpaired) electrons. The third kappa shape index (κ3) is 3.79. The van der Waals surface area contributed by atoms with E-state index in [0.717, 1.165) is 12.7 Å². The number of aliphatic hydroxyl groups excluding tert-OH is 1. The second-order valence-electron chi connectivity index (χ2n) is 3.86. The Balaban J connectivity index is 2.41. The van der Waals surface area contributed by atoms with Crippen molar-refractivity contribution in [3.8, 4) is 0 Å². The minimum absolute atomic E-state index is 0.195. The standard InChI is InChI=1S/C9H14F3NO2/c10-9(11,12)8(15)5-13-3-1-2-7(4-13)6-14/h6-8,15H,1-5H2. The number of carbonyl (C=O) groups excluding carboxylic acids is 1. The van der Waals surface area contributed by atoms with Crippen molar-refractivity contribution in [2.24, 2.45) is 5.92 Å². The SMILES string of the molecule is O=CC1CCCN(CC(O)C(F)(F)F)C1. The van der Waals surface area contributed by atoms with Crippen molar-refractivity contribution in [2.45, 2.75) is 25.1 Å². The van der Waals surface area contributed by atoms with E-state index >= 15 is 0 Å². The fourth-order valence-electron chi connectivity index (χ4n) is 1.72. The van der Waals surface area contributed by atoms with Gasteiger partial charge in [-0.1, -0.05) is 0 Å². The molecule has 15 heavy (non-hydrogen) atoms. The van der Waals surface area contributed by atoms with Gasteiger partial charge >= 0.3 is 6.18 Å². The maximum absolute atomic E-state index is 12.0. The Kier molecular flexibility index (Phi) is 4.10. The van der Waals surface area contributed by atoms with Gasteiger partial charge in [0.05, 0.1) is 0 Å². The molecule has 1 saturated heterocycles. The molecule has 88 valence electrons. The number of aliphatic hydroxyl groups is 1. The lowest BCUT2D eigenvalue weighted by Crippen LogP contribution is -2.45. The monoisotopic (exact) mass is 225 g/mol. The molecule has 0 spiro atoms. The van der Waals surface area contributed by atoms with Crippen LogP contribution in [0, 0.1) is 5.92 Å². The second-order valence-corrected chi connectivity index (χ2v) is 3.86. The largest absolute Gasteiger partial charge is 0.415 e. The lowest BCUT2D eigenvalue weighted by Gasteiger charge is -2.31. The van der Waals surface area contributed by atoms with Crippen molar-refractivity contribution in [1.82, 2.24) is 4.90 Å². The van der Waals surface area contributed by atoms with Gasteiger partial charge in [-0.05, 0) is 19.4 Å². The third-order valence-electron chi connectivity index (χ3n) is 2.54. The number of nitrogens with zero attached hydrogens (tertiary/aromatic N) is 1. The normalized spacial score (nSPS) is 26.3. The number of hydrogen-bond acceptors (Lipinski definition) is 3. The summed E-state index contributed by atoms with van der Waals surface area (Å²) in [5, 5.41) is 8.84. The molecule has 2 unspecified atom stereocenters. The van der Waals surface area contributed by atoms with Crippen molar-refractivity contribution in [3.63, 3.8) is 0 Å². The van der Waals surface area contributed by atoms with Crippen LogP contribution in [0.3, 0.4) is 0 Å². The maximum atomic E-state index is 12.0. The molecule has 1 heterocycles. The van der Waals surface area contributed by atoms with Crippen molar-refractivity contribution in [1.29, 1.82) is 0 Å². The minimum Gasteiger partial charge on any atom is -0.382 e. The van der Waals surface area contributed by atoms with Crippen LogP contribution in [-0.4, -0.2) is 48.2 Å².